The molecule has 9 atom stereocenters. The van der Waals surface area contributed by atoms with E-state index in [0.29, 0.717) is 29.6 Å². The maximum atomic E-state index is 4.01. The zero-order valence-corrected chi connectivity index (χ0v) is 40.1. The predicted octanol–water partition coefficient (Wildman–Crippen LogP) is 16.2. The second-order valence-electron chi connectivity index (χ2n) is 20.7. The molecule has 0 saturated carbocycles. The highest BCUT2D eigenvalue weighted by Gasteiger charge is 2.55. The van der Waals surface area contributed by atoms with Crippen LogP contribution < -0.4 is 10.3 Å². The second kappa shape index (κ2) is 18.0. The number of anilines is 2. The molecule has 0 radical (unpaired) electrons. The van der Waals surface area contributed by atoms with Crippen LogP contribution >= 0.6 is 0 Å². The number of rotatable bonds is 9. The molecule has 1 fully saturated rings. The average Bonchev–Trinajstić information content (AvgIpc) is 3.94. The Morgan fingerprint density at radius 2 is 1.29 bits per heavy atom. The van der Waals surface area contributed by atoms with Crippen LogP contribution in [0.5, 0.6) is 0 Å². The summed E-state index contributed by atoms with van der Waals surface area (Å²) >= 11 is 0. The molecule has 0 spiro atoms. The van der Waals surface area contributed by atoms with Crippen molar-refractivity contribution in [3.63, 3.8) is 0 Å². The Hall–Kier alpha value is -7.20. The summed E-state index contributed by atoms with van der Waals surface area (Å²) in [5.41, 5.74) is 21.3. The van der Waals surface area contributed by atoms with Crippen molar-refractivity contribution in [2.75, 3.05) is 4.90 Å². The van der Waals surface area contributed by atoms with Gasteiger partial charge in [-0.15, -0.1) is 0 Å². The number of hydrogen-bond acceptors (Lipinski definition) is 3. The summed E-state index contributed by atoms with van der Waals surface area (Å²) in [6.45, 7) is 2.41. The summed E-state index contributed by atoms with van der Waals surface area (Å²) in [5.74, 6) is 1.93. The molecule has 3 nitrogen and oxygen atoms in total. The summed E-state index contributed by atoms with van der Waals surface area (Å²) in [6.07, 6.45) is 27.5. The smallest absolute Gasteiger partial charge is 0.0755 e. The van der Waals surface area contributed by atoms with E-state index in [4.69, 9.17) is 0 Å². The monoisotopic (exact) mass is 907 g/mol. The molecule has 4 aliphatic carbocycles. The van der Waals surface area contributed by atoms with Crippen molar-refractivity contribution in [1.29, 1.82) is 0 Å². The third kappa shape index (κ3) is 7.20. The van der Waals surface area contributed by atoms with Gasteiger partial charge in [-0.05, 0) is 130 Å². The van der Waals surface area contributed by atoms with Crippen LogP contribution in [0, 0.1) is 17.8 Å². The average molecular weight is 908 g/mol. The minimum atomic E-state index is -0.133. The van der Waals surface area contributed by atoms with Gasteiger partial charge < -0.3 is 4.90 Å². The molecule has 2 heterocycles. The Morgan fingerprint density at radius 1 is 0.571 bits per heavy atom. The molecule has 70 heavy (non-hydrogen) atoms. The van der Waals surface area contributed by atoms with E-state index in [0.717, 1.165) is 25.7 Å². The fourth-order valence-electron chi connectivity index (χ4n) is 13.9. The molecule has 1 saturated heterocycles. The highest BCUT2D eigenvalue weighted by molar-refractivity contribution is 5.84. The van der Waals surface area contributed by atoms with Gasteiger partial charge in [0.25, 0.3) is 0 Å². The van der Waals surface area contributed by atoms with Gasteiger partial charge in [-0.1, -0.05) is 207 Å². The first-order valence-electron chi connectivity index (χ1n) is 26.0. The van der Waals surface area contributed by atoms with Gasteiger partial charge >= 0.3 is 0 Å². The van der Waals surface area contributed by atoms with Crippen molar-refractivity contribution in [2.24, 2.45) is 17.8 Å². The molecule has 7 aromatic rings. The van der Waals surface area contributed by atoms with Crippen molar-refractivity contribution < 1.29 is 0 Å². The van der Waals surface area contributed by atoms with Crippen LogP contribution in [-0.4, -0.2) is 11.1 Å². The molecule has 3 heteroatoms. The Balaban J connectivity index is 0.872. The van der Waals surface area contributed by atoms with Crippen LogP contribution in [0.1, 0.15) is 107 Å². The molecule has 13 rings (SSSR count). The number of hydrogen-bond donors (Lipinski definition) is 1. The van der Waals surface area contributed by atoms with Crippen LogP contribution in [0.3, 0.4) is 0 Å². The molecule has 0 bridgehead atoms. The standard InChI is InChI=1S/C67H61N3/c1-46-65(50-21-8-3-9-22-50)68-70-64(44-52-23-14-15-30-59(52)66(46)70)53-25-18-24-51(43-53)49-35-39-57(40-36-49)69(56-37-33-48(34-38-56)47-19-6-2-7-20-47)58-41-42-61-60-31-16-17-32-62(60)67(63(61)45-58,54-26-10-4-11-27-54)55-28-12-5-13-29-55/h2-12,14-27,30-35,37-39,41-46,49,55,57,60,62,65-66,68H,13,28-29,36,40H2,1H3/t46?,49?,55-,57?,60+,62?,65?,66-,67?/m1/s1. The summed E-state index contributed by atoms with van der Waals surface area (Å²) in [4.78, 5) is 2.66. The molecule has 2 aliphatic heterocycles. The first-order valence-corrected chi connectivity index (χ1v) is 26.0. The van der Waals surface area contributed by atoms with E-state index < -0.39 is 0 Å². The second-order valence-corrected chi connectivity index (χ2v) is 20.7. The Bertz CT molecular complexity index is 3180. The number of benzene rings is 7. The first-order chi connectivity index (χ1) is 34.6. The SMILES string of the molecule is CC1C(c2ccccc2)NN2C(c3cccc(C4C=CC(N(c5ccc(-c6ccccc6)cc5)c5ccc6c(c5)C(c5ccccc5)([C@@H]5CC=CCC5)C5C=CC=C[C@@H]65)CC4)c3)=Cc3ccccc3[C@@H]12. The third-order valence-corrected chi connectivity index (χ3v) is 17.1. The van der Waals surface area contributed by atoms with Crippen molar-refractivity contribution >= 4 is 23.1 Å². The fourth-order valence-corrected chi connectivity index (χ4v) is 13.9. The minimum absolute atomic E-state index is 0.133. The molecular formula is C67H61N3. The number of nitrogens with one attached hydrogen (secondary N) is 1. The van der Waals surface area contributed by atoms with Crippen LogP contribution in [-0.2, 0) is 5.41 Å². The number of allylic oxidation sites excluding steroid dienone is 7. The van der Waals surface area contributed by atoms with E-state index in [1.807, 2.05) is 0 Å². The molecule has 1 N–H and O–H groups in total. The van der Waals surface area contributed by atoms with Crippen LogP contribution in [0.4, 0.5) is 11.4 Å². The summed E-state index contributed by atoms with van der Waals surface area (Å²) in [5, 5.41) is 2.48. The van der Waals surface area contributed by atoms with Gasteiger partial charge in [-0.3, -0.25) is 5.01 Å². The van der Waals surface area contributed by atoms with E-state index in [-0.39, 0.29) is 23.5 Å². The maximum absolute atomic E-state index is 4.01. The Morgan fingerprint density at radius 3 is 2.07 bits per heavy atom. The highest BCUT2D eigenvalue weighted by atomic mass is 15.6. The lowest BCUT2D eigenvalue weighted by atomic mass is 9.57. The van der Waals surface area contributed by atoms with Gasteiger partial charge in [0, 0.05) is 40.5 Å². The van der Waals surface area contributed by atoms with Crippen LogP contribution in [0.15, 0.2) is 231 Å². The van der Waals surface area contributed by atoms with E-state index in [1.165, 1.54) is 79.1 Å². The highest BCUT2D eigenvalue weighted by Crippen LogP contribution is 2.62. The van der Waals surface area contributed by atoms with Gasteiger partial charge in [0.15, 0.2) is 0 Å². The molecule has 0 amide bonds. The van der Waals surface area contributed by atoms with Gasteiger partial charge in [0.2, 0.25) is 0 Å². The molecule has 6 unspecified atom stereocenters. The van der Waals surface area contributed by atoms with Gasteiger partial charge in [0.05, 0.1) is 23.8 Å². The van der Waals surface area contributed by atoms with E-state index in [9.17, 15) is 0 Å². The Kier molecular flexibility index (Phi) is 11.0. The van der Waals surface area contributed by atoms with Gasteiger partial charge in [-0.25, -0.2) is 5.43 Å². The molecule has 6 aliphatic rings. The molecule has 0 aromatic heterocycles. The lowest BCUT2D eigenvalue weighted by Crippen LogP contribution is -2.42. The van der Waals surface area contributed by atoms with Crippen molar-refractivity contribution in [1.82, 2.24) is 10.4 Å². The lowest BCUT2D eigenvalue weighted by Gasteiger charge is -2.45. The normalized spacial score (nSPS) is 27.0. The minimum Gasteiger partial charge on any atom is -0.335 e. The molecular weight excluding hydrogens is 847 g/mol. The Labute approximate surface area is 414 Å². The van der Waals surface area contributed by atoms with Crippen molar-refractivity contribution in [2.45, 2.75) is 74.4 Å². The number of hydrazine groups is 1. The largest absolute Gasteiger partial charge is 0.335 e. The van der Waals surface area contributed by atoms with Gasteiger partial charge in [0.1, 0.15) is 0 Å². The van der Waals surface area contributed by atoms with E-state index in [1.54, 1.807) is 0 Å². The van der Waals surface area contributed by atoms with E-state index in [2.05, 4.69) is 259 Å². The van der Waals surface area contributed by atoms with Gasteiger partial charge in [-0.2, -0.15) is 0 Å². The number of fused-ring (bicyclic) bond motifs is 6. The predicted molar refractivity (Wildman–Crippen MR) is 290 cm³/mol. The quantitative estimate of drug-likeness (QED) is 0.146. The van der Waals surface area contributed by atoms with Crippen molar-refractivity contribution in [3.05, 3.63) is 275 Å². The zero-order chi connectivity index (χ0) is 46.6. The van der Waals surface area contributed by atoms with Crippen molar-refractivity contribution in [3.8, 4) is 11.1 Å². The zero-order valence-electron chi connectivity index (χ0n) is 40.1. The molecule has 7 aromatic carbocycles. The fraction of sp³-hybridized carbons (Fsp3) is 0.224. The number of nitrogens with zero attached hydrogens (tertiary/aromatic N) is 2. The van der Waals surface area contributed by atoms with Crippen LogP contribution in [0.25, 0.3) is 22.9 Å². The molecule has 344 valence electrons. The summed E-state index contributed by atoms with van der Waals surface area (Å²) < 4.78 is 0. The maximum Gasteiger partial charge on any atom is 0.0755 e. The lowest BCUT2D eigenvalue weighted by molar-refractivity contribution is 0.240. The van der Waals surface area contributed by atoms with E-state index >= 15 is 0 Å². The summed E-state index contributed by atoms with van der Waals surface area (Å²) in [6, 6.07) is 69.3. The third-order valence-electron chi connectivity index (χ3n) is 17.1. The van der Waals surface area contributed by atoms with Crippen LogP contribution in [0.2, 0.25) is 0 Å². The topological polar surface area (TPSA) is 18.5 Å². The first kappa shape index (κ1) is 42.9. The summed E-state index contributed by atoms with van der Waals surface area (Å²) in [7, 11) is 0.